The molecule has 0 aliphatic rings. The van der Waals surface area contributed by atoms with Crippen LogP contribution < -0.4 is 21.9 Å². The fraction of sp³-hybridized carbons (Fsp3) is 0. The molecule has 0 unspecified atom stereocenters. The Morgan fingerprint density at radius 2 is 1.62 bits per heavy atom. The number of nitrogens with zero attached hydrogens (tertiary/aromatic N) is 3. The monoisotopic (exact) mass is 389 g/mol. The number of nitrogens with two attached hydrogens (primary N) is 1. The van der Waals surface area contributed by atoms with Crippen molar-refractivity contribution < 1.29 is 4.79 Å². The number of amides is 1. The van der Waals surface area contributed by atoms with E-state index in [2.05, 4.69) is 31.1 Å². The molecule has 2 aromatic heterocycles. The lowest BCUT2D eigenvalue weighted by atomic mass is 10.2. The van der Waals surface area contributed by atoms with E-state index in [-0.39, 0.29) is 17.4 Å². The van der Waals surface area contributed by atoms with E-state index in [4.69, 9.17) is 28.9 Å². The van der Waals surface area contributed by atoms with Crippen LogP contribution in [0.25, 0.3) is 0 Å². The van der Waals surface area contributed by atoms with Crippen molar-refractivity contribution in [1.82, 2.24) is 20.4 Å². The number of carbonyl (C=O) groups excluding carboxylic acids is 1. The highest BCUT2D eigenvalue weighted by Gasteiger charge is 2.11. The third kappa shape index (κ3) is 4.29. The second-order valence-electron chi connectivity index (χ2n) is 5.06. The molecule has 0 radical (unpaired) electrons. The summed E-state index contributed by atoms with van der Waals surface area (Å²) >= 11 is 11.6. The normalized spacial score (nSPS) is 10.2. The number of pyridine rings is 1. The van der Waals surface area contributed by atoms with Gasteiger partial charge < -0.3 is 11.1 Å². The largest absolute Gasteiger partial charge is 0.393 e. The van der Waals surface area contributed by atoms with Gasteiger partial charge in [-0.15, -0.1) is 0 Å². The number of anilines is 4. The standard InChI is InChI=1S/C16H13Cl2N7O/c17-10-3-1-9(2-4-10)16(26)25-24-15-13(19)14(21-8-22-15)23-12-6-5-11(18)7-20-12/h1-8H,19H2,(H,25,26)(H2,20,21,22,23,24). The Balaban J connectivity index is 1.69. The zero-order valence-corrected chi connectivity index (χ0v) is 14.7. The first-order valence-electron chi connectivity index (χ1n) is 7.34. The minimum Gasteiger partial charge on any atom is -0.393 e. The zero-order valence-electron chi connectivity index (χ0n) is 13.2. The molecule has 0 aliphatic carbocycles. The second-order valence-corrected chi connectivity index (χ2v) is 5.93. The van der Waals surface area contributed by atoms with Crippen LogP contribution >= 0.6 is 23.2 Å². The number of hydrogen-bond acceptors (Lipinski definition) is 7. The van der Waals surface area contributed by atoms with Crippen LogP contribution in [-0.2, 0) is 0 Å². The second kappa shape index (κ2) is 7.85. The molecule has 3 rings (SSSR count). The van der Waals surface area contributed by atoms with Gasteiger partial charge in [-0.3, -0.25) is 15.6 Å². The highest BCUT2D eigenvalue weighted by Crippen LogP contribution is 2.24. The van der Waals surface area contributed by atoms with Crippen molar-refractivity contribution in [3.05, 3.63) is 64.5 Å². The fourth-order valence-corrected chi connectivity index (χ4v) is 2.19. The summed E-state index contributed by atoms with van der Waals surface area (Å²) in [5.74, 6) is 0.710. The van der Waals surface area contributed by atoms with Crippen molar-refractivity contribution in [2.75, 3.05) is 16.5 Å². The lowest BCUT2D eigenvalue weighted by Gasteiger charge is -2.13. The molecule has 132 valence electrons. The molecule has 0 saturated heterocycles. The number of hydrogen-bond donors (Lipinski definition) is 4. The summed E-state index contributed by atoms with van der Waals surface area (Å²) in [6, 6.07) is 9.80. The van der Waals surface area contributed by atoms with E-state index in [0.29, 0.717) is 27.2 Å². The molecule has 26 heavy (non-hydrogen) atoms. The highest BCUT2D eigenvalue weighted by molar-refractivity contribution is 6.30. The number of benzene rings is 1. The first-order chi connectivity index (χ1) is 12.5. The van der Waals surface area contributed by atoms with Gasteiger partial charge in [0.1, 0.15) is 17.8 Å². The van der Waals surface area contributed by atoms with Gasteiger partial charge in [0.2, 0.25) is 0 Å². The summed E-state index contributed by atoms with van der Waals surface area (Å²) in [5, 5.41) is 4.01. The van der Waals surface area contributed by atoms with E-state index in [9.17, 15) is 4.79 Å². The Bertz CT molecular complexity index is 917. The number of halogens is 2. The Kier molecular flexibility index (Phi) is 5.35. The summed E-state index contributed by atoms with van der Waals surface area (Å²) in [5.41, 5.74) is 11.9. The number of carbonyl (C=O) groups is 1. The molecule has 1 amide bonds. The topological polar surface area (TPSA) is 118 Å². The van der Waals surface area contributed by atoms with Gasteiger partial charge in [-0.2, -0.15) is 0 Å². The van der Waals surface area contributed by atoms with Gasteiger partial charge >= 0.3 is 0 Å². The van der Waals surface area contributed by atoms with Gasteiger partial charge in [0.05, 0.1) is 5.02 Å². The number of hydrazine groups is 1. The molecule has 5 N–H and O–H groups in total. The summed E-state index contributed by atoms with van der Waals surface area (Å²) in [4.78, 5) is 24.3. The summed E-state index contributed by atoms with van der Waals surface area (Å²) in [6.07, 6.45) is 2.79. The third-order valence-electron chi connectivity index (χ3n) is 3.26. The SMILES string of the molecule is Nc1c(NNC(=O)c2ccc(Cl)cc2)ncnc1Nc1ccc(Cl)cn1. The molecular formula is C16H13Cl2N7O. The Hall–Kier alpha value is -3.10. The minimum atomic E-state index is -0.367. The van der Waals surface area contributed by atoms with Crippen LogP contribution in [-0.4, -0.2) is 20.9 Å². The highest BCUT2D eigenvalue weighted by atomic mass is 35.5. The van der Waals surface area contributed by atoms with Crippen LogP contribution in [0.15, 0.2) is 48.9 Å². The Morgan fingerprint density at radius 1 is 0.923 bits per heavy atom. The van der Waals surface area contributed by atoms with E-state index in [1.807, 2.05) is 0 Å². The maximum absolute atomic E-state index is 12.1. The van der Waals surface area contributed by atoms with E-state index in [1.165, 1.54) is 12.5 Å². The maximum atomic E-state index is 12.1. The fourth-order valence-electron chi connectivity index (χ4n) is 1.96. The molecule has 2 heterocycles. The molecule has 0 aliphatic heterocycles. The molecule has 8 nitrogen and oxygen atoms in total. The maximum Gasteiger partial charge on any atom is 0.269 e. The minimum absolute atomic E-state index is 0.209. The quantitative estimate of drug-likeness (QED) is 0.494. The van der Waals surface area contributed by atoms with E-state index in [1.54, 1.807) is 36.4 Å². The van der Waals surface area contributed by atoms with E-state index < -0.39 is 0 Å². The van der Waals surface area contributed by atoms with Gasteiger partial charge in [0.25, 0.3) is 5.91 Å². The van der Waals surface area contributed by atoms with Crippen molar-refractivity contribution >= 4 is 52.3 Å². The number of aromatic nitrogens is 3. The van der Waals surface area contributed by atoms with Crippen molar-refractivity contribution in [3.63, 3.8) is 0 Å². The summed E-state index contributed by atoms with van der Waals surface area (Å²) < 4.78 is 0. The van der Waals surface area contributed by atoms with Crippen molar-refractivity contribution in [2.45, 2.75) is 0 Å². The van der Waals surface area contributed by atoms with Gasteiger partial charge in [-0.1, -0.05) is 23.2 Å². The summed E-state index contributed by atoms with van der Waals surface area (Å²) in [6.45, 7) is 0. The Morgan fingerprint density at radius 3 is 2.31 bits per heavy atom. The lowest BCUT2D eigenvalue weighted by Crippen LogP contribution is -2.30. The van der Waals surface area contributed by atoms with Crippen LogP contribution in [0.3, 0.4) is 0 Å². The predicted octanol–water partition coefficient (Wildman–Crippen LogP) is 3.26. The molecule has 0 atom stereocenters. The molecule has 0 bridgehead atoms. The van der Waals surface area contributed by atoms with Crippen LogP contribution in [0, 0.1) is 0 Å². The third-order valence-corrected chi connectivity index (χ3v) is 3.73. The average molecular weight is 390 g/mol. The zero-order chi connectivity index (χ0) is 18.5. The average Bonchev–Trinajstić information content (AvgIpc) is 2.64. The van der Waals surface area contributed by atoms with E-state index in [0.717, 1.165) is 0 Å². The van der Waals surface area contributed by atoms with Gasteiger partial charge in [0.15, 0.2) is 11.6 Å². The van der Waals surface area contributed by atoms with Crippen LogP contribution in [0.5, 0.6) is 0 Å². The molecule has 10 heteroatoms. The van der Waals surface area contributed by atoms with Crippen LogP contribution in [0.4, 0.5) is 23.1 Å². The van der Waals surface area contributed by atoms with Gasteiger partial charge in [-0.25, -0.2) is 15.0 Å². The summed E-state index contributed by atoms with van der Waals surface area (Å²) in [7, 11) is 0. The van der Waals surface area contributed by atoms with Gasteiger partial charge in [0, 0.05) is 16.8 Å². The molecule has 0 fully saturated rings. The van der Waals surface area contributed by atoms with Crippen molar-refractivity contribution in [1.29, 1.82) is 0 Å². The number of nitrogens with one attached hydrogen (secondary N) is 3. The lowest BCUT2D eigenvalue weighted by molar-refractivity contribution is 0.0962. The first kappa shape index (κ1) is 17.7. The van der Waals surface area contributed by atoms with Gasteiger partial charge in [-0.05, 0) is 36.4 Å². The molecular weight excluding hydrogens is 377 g/mol. The number of nitrogen functional groups attached to an aromatic ring is 1. The van der Waals surface area contributed by atoms with Crippen LogP contribution in [0.2, 0.25) is 10.0 Å². The predicted molar refractivity (Wildman–Crippen MR) is 102 cm³/mol. The smallest absolute Gasteiger partial charge is 0.269 e. The molecule has 1 aromatic carbocycles. The molecule has 0 spiro atoms. The first-order valence-corrected chi connectivity index (χ1v) is 8.09. The number of rotatable bonds is 5. The van der Waals surface area contributed by atoms with E-state index >= 15 is 0 Å². The van der Waals surface area contributed by atoms with Crippen molar-refractivity contribution in [3.8, 4) is 0 Å². The molecule has 3 aromatic rings. The molecule has 0 saturated carbocycles. The Labute approximate surface area is 158 Å². The van der Waals surface area contributed by atoms with Crippen LogP contribution in [0.1, 0.15) is 10.4 Å². The van der Waals surface area contributed by atoms with Crippen molar-refractivity contribution in [2.24, 2.45) is 0 Å².